The maximum Gasteiger partial charge on any atom is 0.132 e. The van der Waals surface area contributed by atoms with E-state index in [0.29, 0.717) is 5.56 Å². The maximum atomic E-state index is 12.7. The van der Waals surface area contributed by atoms with Gasteiger partial charge in [-0.15, -0.1) is 0 Å². The molecular formula is C8H7F2. The lowest BCUT2D eigenvalue weighted by Crippen LogP contribution is -1.91. The van der Waals surface area contributed by atoms with E-state index in [4.69, 9.17) is 0 Å². The zero-order chi connectivity index (χ0) is 7.72. The molecule has 0 bridgehead atoms. The van der Waals surface area contributed by atoms with Crippen LogP contribution in [0.3, 0.4) is 0 Å². The monoisotopic (exact) mass is 141 g/mol. The second-order valence-corrected chi connectivity index (χ2v) is 2.20. The fourth-order valence-electron chi connectivity index (χ4n) is 0.729. The van der Waals surface area contributed by atoms with E-state index in [-0.39, 0.29) is 5.56 Å². The normalized spacial score (nSPS) is 10.0. The smallest absolute Gasteiger partial charge is 0.132 e. The van der Waals surface area contributed by atoms with E-state index < -0.39 is 11.6 Å². The lowest BCUT2D eigenvalue weighted by Gasteiger charge is -1.99. The molecule has 0 saturated heterocycles. The molecule has 10 heavy (non-hydrogen) atoms. The van der Waals surface area contributed by atoms with Crippen LogP contribution in [-0.2, 0) is 0 Å². The number of halogens is 2. The van der Waals surface area contributed by atoms with Crippen molar-refractivity contribution in [1.82, 2.24) is 0 Å². The van der Waals surface area contributed by atoms with Crippen molar-refractivity contribution >= 4 is 0 Å². The van der Waals surface area contributed by atoms with Gasteiger partial charge in [-0.25, -0.2) is 8.78 Å². The average molecular weight is 141 g/mol. The van der Waals surface area contributed by atoms with Gasteiger partial charge >= 0.3 is 0 Å². The van der Waals surface area contributed by atoms with Crippen molar-refractivity contribution in [3.05, 3.63) is 34.9 Å². The van der Waals surface area contributed by atoms with E-state index in [9.17, 15) is 8.78 Å². The first-order valence-corrected chi connectivity index (χ1v) is 2.96. The highest BCUT2D eigenvalue weighted by molar-refractivity contribution is 5.23. The SMILES string of the molecule is Cc1[c]cc(F)c(C)c1F. The molecule has 1 rings (SSSR count). The first-order chi connectivity index (χ1) is 4.63. The molecule has 0 amide bonds. The third kappa shape index (κ3) is 1.01. The summed E-state index contributed by atoms with van der Waals surface area (Å²) in [4.78, 5) is 0. The third-order valence-electron chi connectivity index (χ3n) is 1.43. The molecule has 2 heteroatoms. The summed E-state index contributed by atoms with van der Waals surface area (Å²) in [5, 5.41) is 0. The van der Waals surface area contributed by atoms with Crippen molar-refractivity contribution in [2.24, 2.45) is 0 Å². The van der Waals surface area contributed by atoms with E-state index >= 15 is 0 Å². The quantitative estimate of drug-likeness (QED) is 0.520. The van der Waals surface area contributed by atoms with Gasteiger partial charge in [0.25, 0.3) is 0 Å². The lowest BCUT2D eigenvalue weighted by atomic mass is 10.1. The zero-order valence-corrected chi connectivity index (χ0v) is 5.83. The Kier molecular flexibility index (Phi) is 1.70. The van der Waals surface area contributed by atoms with Crippen LogP contribution >= 0.6 is 0 Å². The molecule has 0 aromatic heterocycles. The predicted octanol–water partition coefficient (Wildman–Crippen LogP) is 2.38. The number of hydrogen-bond acceptors (Lipinski definition) is 0. The Hall–Kier alpha value is -0.920. The Morgan fingerprint density at radius 2 is 1.90 bits per heavy atom. The topological polar surface area (TPSA) is 0 Å². The Balaban J connectivity index is 3.34. The molecule has 0 atom stereocenters. The second-order valence-electron chi connectivity index (χ2n) is 2.20. The summed E-state index contributed by atoms with van der Waals surface area (Å²) in [7, 11) is 0. The Labute approximate surface area is 58.5 Å². The van der Waals surface area contributed by atoms with Gasteiger partial charge in [0, 0.05) is 5.56 Å². The first kappa shape index (κ1) is 7.19. The summed E-state index contributed by atoms with van der Waals surface area (Å²) >= 11 is 0. The molecule has 1 aromatic carbocycles. The van der Waals surface area contributed by atoms with E-state index in [1.54, 1.807) is 6.92 Å². The van der Waals surface area contributed by atoms with Crippen molar-refractivity contribution in [2.45, 2.75) is 13.8 Å². The van der Waals surface area contributed by atoms with Crippen LogP contribution in [0.2, 0.25) is 0 Å². The van der Waals surface area contributed by atoms with Crippen LogP contribution in [0.15, 0.2) is 6.07 Å². The van der Waals surface area contributed by atoms with Crippen molar-refractivity contribution in [3.63, 3.8) is 0 Å². The summed E-state index contributed by atoms with van der Waals surface area (Å²) in [5.74, 6) is -1.04. The fraction of sp³-hybridized carbons (Fsp3) is 0.250. The largest absolute Gasteiger partial charge is 0.207 e. The van der Waals surface area contributed by atoms with Gasteiger partial charge in [0.2, 0.25) is 0 Å². The summed E-state index contributed by atoms with van der Waals surface area (Å²) in [6.07, 6.45) is 0. The Bertz CT molecular complexity index is 227. The van der Waals surface area contributed by atoms with E-state index in [2.05, 4.69) is 6.07 Å². The molecule has 0 spiro atoms. The minimum atomic E-state index is -0.539. The van der Waals surface area contributed by atoms with E-state index in [0.717, 1.165) is 6.07 Å². The molecule has 0 nitrogen and oxygen atoms in total. The van der Waals surface area contributed by atoms with Gasteiger partial charge in [0.05, 0.1) is 0 Å². The van der Waals surface area contributed by atoms with E-state index in [1.165, 1.54) is 6.92 Å². The molecule has 0 saturated carbocycles. The van der Waals surface area contributed by atoms with Crippen molar-refractivity contribution in [1.29, 1.82) is 0 Å². The first-order valence-electron chi connectivity index (χ1n) is 2.96. The van der Waals surface area contributed by atoms with Crippen LogP contribution in [-0.4, -0.2) is 0 Å². The van der Waals surface area contributed by atoms with Crippen molar-refractivity contribution in [3.8, 4) is 0 Å². The summed E-state index contributed by atoms with van der Waals surface area (Å²) < 4.78 is 25.2. The molecule has 1 aromatic rings. The predicted molar refractivity (Wildman–Crippen MR) is 34.7 cm³/mol. The maximum absolute atomic E-state index is 12.7. The van der Waals surface area contributed by atoms with Crippen molar-refractivity contribution in [2.75, 3.05) is 0 Å². The molecule has 0 fully saturated rings. The molecule has 0 aliphatic rings. The molecule has 0 heterocycles. The van der Waals surface area contributed by atoms with Gasteiger partial charge in [-0.2, -0.15) is 0 Å². The number of benzene rings is 1. The van der Waals surface area contributed by atoms with Crippen LogP contribution in [0, 0.1) is 31.5 Å². The summed E-state index contributed by atoms with van der Waals surface area (Å²) in [6, 6.07) is 3.61. The number of rotatable bonds is 0. The molecule has 0 unspecified atom stereocenters. The lowest BCUT2D eigenvalue weighted by molar-refractivity contribution is 0.562. The minimum Gasteiger partial charge on any atom is -0.207 e. The molecular weight excluding hydrogens is 134 g/mol. The number of hydrogen-bond donors (Lipinski definition) is 0. The van der Waals surface area contributed by atoms with Gasteiger partial charge in [0.1, 0.15) is 11.6 Å². The molecule has 0 aliphatic heterocycles. The highest BCUT2D eigenvalue weighted by atomic mass is 19.1. The number of aryl methyl sites for hydroxylation is 1. The van der Waals surface area contributed by atoms with Crippen LogP contribution < -0.4 is 0 Å². The van der Waals surface area contributed by atoms with Gasteiger partial charge in [-0.3, -0.25) is 0 Å². The fourth-order valence-corrected chi connectivity index (χ4v) is 0.729. The highest BCUT2D eigenvalue weighted by Crippen LogP contribution is 2.13. The Morgan fingerprint density at radius 1 is 1.30 bits per heavy atom. The summed E-state index contributed by atoms with van der Waals surface area (Å²) in [5.41, 5.74) is 0.426. The van der Waals surface area contributed by atoms with Crippen LogP contribution in [0.4, 0.5) is 8.78 Å². The molecule has 0 aliphatic carbocycles. The highest BCUT2D eigenvalue weighted by Gasteiger charge is 2.05. The molecule has 1 radical (unpaired) electrons. The van der Waals surface area contributed by atoms with Gasteiger partial charge in [-0.1, -0.05) is 0 Å². The van der Waals surface area contributed by atoms with Crippen LogP contribution in [0.5, 0.6) is 0 Å². The third-order valence-corrected chi connectivity index (χ3v) is 1.43. The average Bonchev–Trinajstić information content (AvgIpc) is 1.93. The minimum absolute atomic E-state index is 0.0660. The Morgan fingerprint density at radius 3 is 2.40 bits per heavy atom. The van der Waals surface area contributed by atoms with Crippen LogP contribution in [0.1, 0.15) is 11.1 Å². The molecule has 53 valence electrons. The summed E-state index contributed by atoms with van der Waals surface area (Å²) in [6.45, 7) is 2.97. The van der Waals surface area contributed by atoms with E-state index in [1.807, 2.05) is 0 Å². The van der Waals surface area contributed by atoms with Crippen LogP contribution in [0.25, 0.3) is 0 Å². The standard InChI is InChI=1S/C8H7F2/c1-5-3-4-7(9)6(2)8(5)10/h4H,1-2H3. The van der Waals surface area contributed by atoms with Gasteiger partial charge in [-0.05, 0) is 31.5 Å². The van der Waals surface area contributed by atoms with Crippen molar-refractivity contribution < 1.29 is 8.78 Å². The molecule has 0 N–H and O–H groups in total. The second kappa shape index (κ2) is 2.37. The van der Waals surface area contributed by atoms with Gasteiger partial charge in [0.15, 0.2) is 0 Å². The zero-order valence-electron chi connectivity index (χ0n) is 5.83. The van der Waals surface area contributed by atoms with Gasteiger partial charge < -0.3 is 0 Å².